The summed E-state index contributed by atoms with van der Waals surface area (Å²) in [4.78, 5) is 30.7. The lowest BCUT2D eigenvalue weighted by atomic mass is 9.95. The van der Waals surface area contributed by atoms with Crippen molar-refractivity contribution in [2.75, 3.05) is 11.1 Å². The molecule has 2 heterocycles. The summed E-state index contributed by atoms with van der Waals surface area (Å²) in [6.45, 7) is 4.01. The number of anilines is 1. The molecule has 4 rings (SSSR count). The van der Waals surface area contributed by atoms with Gasteiger partial charge in [-0.25, -0.2) is 9.67 Å². The Hall–Kier alpha value is -2.32. The Kier molecular flexibility index (Phi) is 6.67. The van der Waals surface area contributed by atoms with E-state index in [2.05, 4.69) is 10.4 Å². The Balaban J connectivity index is 1.61. The minimum absolute atomic E-state index is 0.0608. The second-order valence-electron chi connectivity index (χ2n) is 8.11. The van der Waals surface area contributed by atoms with E-state index in [0.29, 0.717) is 26.9 Å². The molecule has 0 saturated heterocycles. The first-order valence-electron chi connectivity index (χ1n) is 10.6. The van der Waals surface area contributed by atoms with Gasteiger partial charge in [0.05, 0.1) is 22.9 Å². The molecule has 1 saturated carbocycles. The Morgan fingerprint density at radius 2 is 2.03 bits per heavy atom. The first-order chi connectivity index (χ1) is 14.9. The third-order valence-electron chi connectivity index (χ3n) is 5.53. The van der Waals surface area contributed by atoms with Crippen LogP contribution in [-0.2, 0) is 4.79 Å². The number of carbonyl (C=O) groups is 1. The van der Waals surface area contributed by atoms with Crippen LogP contribution in [0.5, 0.6) is 0 Å². The number of benzene rings is 1. The van der Waals surface area contributed by atoms with Crippen LogP contribution in [0.4, 0.5) is 5.82 Å². The number of hydrogen-bond donors (Lipinski definition) is 1. The van der Waals surface area contributed by atoms with Crippen molar-refractivity contribution in [1.29, 1.82) is 0 Å². The first-order valence-corrected chi connectivity index (χ1v) is 12.0. The van der Waals surface area contributed by atoms with Gasteiger partial charge in [-0.1, -0.05) is 42.6 Å². The van der Waals surface area contributed by atoms with E-state index in [1.807, 2.05) is 13.8 Å². The van der Waals surface area contributed by atoms with Crippen molar-refractivity contribution in [1.82, 2.24) is 19.3 Å². The molecule has 7 nitrogen and oxygen atoms in total. The molecule has 3 aromatic rings. The summed E-state index contributed by atoms with van der Waals surface area (Å²) in [5, 5.41) is 8.81. The Morgan fingerprint density at radius 1 is 1.26 bits per heavy atom. The standard InChI is InChI=1S/C22H26ClN5O2S/c1-14(2)28-19(10-11-24-28)26-20(29)13-31-22-25-18-12-15(23)8-9-17(18)21(30)27(22)16-6-4-3-5-7-16/h8-12,14,16H,3-7,13H2,1-2H3,(H,26,29). The van der Waals surface area contributed by atoms with Gasteiger partial charge in [-0.15, -0.1) is 0 Å². The predicted molar refractivity (Wildman–Crippen MR) is 125 cm³/mol. The van der Waals surface area contributed by atoms with Gasteiger partial charge >= 0.3 is 0 Å². The summed E-state index contributed by atoms with van der Waals surface area (Å²) in [5.41, 5.74) is 0.500. The maximum atomic E-state index is 13.3. The molecule has 0 spiro atoms. The molecule has 1 aliphatic carbocycles. The molecular formula is C22H26ClN5O2S. The van der Waals surface area contributed by atoms with Crippen LogP contribution in [0.15, 0.2) is 40.4 Å². The van der Waals surface area contributed by atoms with E-state index < -0.39 is 0 Å². The number of thioether (sulfide) groups is 1. The molecule has 0 aliphatic heterocycles. The fourth-order valence-electron chi connectivity index (χ4n) is 4.05. The maximum Gasteiger partial charge on any atom is 0.262 e. The van der Waals surface area contributed by atoms with Crippen molar-refractivity contribution in [3.8, 4) is 0 Å². The van der Waals surface area contributed by atoms with Crippen LogP contribution in [0.1, 0.15) is 58.0 Å². The highest BCUT2D eigenvalue weighted by molar-refractivity contribution is 7.99. The van der Waals surface area contributed by atoms with E-state index >= 15 is 0 Å². The quantitative estimate of drug-likeness (QED) is 0.411. The zero-order chi connectivity index (χ0) is 22.0. The zero-order valence-corrected chi connectivity index (χ0v) is 19.2. The normalized spacial score (nSPS) is 15.0. The van der Waals surface area contributed by atoms with Gasteiger partial charge in [0.1, 0.15) is 5.82 Å². The minimum Gasteiger partial charge on any atom is -0.310 e. The molecule has 1 N–H and O–H groups in total. The summed E-state index contributed by atoms with van der Waals surface area (Å²) >= 11 is 7.42. The molecule has 164 valence electrons. The second kappa shape index (κ2) is 9.44. The molecule has 9 heteroatoms. The highest BCUT2D eigenvalue weighted by atomic mass is 35.5. The number of amides is 1. The van der Waals surface area contributed by atoms with E-state index in [0.717, 1.165) is 25.7 Å². The molecule has 1 amide bonds. The average molecular weight is 460 g/mol. The Labute approximate surface area is 190 Å². The smallest absolute Gasteiger partial charge is 0.262 e. The van der Waals surface area contributed by atoms with Crippen molar-refractivity contribution < 1.29 is 4.79 Å². The van der Waals surface area contributed by atoms with Gasteiger partial charge < -0.3 is 5.32 Å². The van der Waals surface area contributed by atoms with E-state index in [9.17, 15) is 9.59 Å². The number of rotatable bonds is 6. The SMILES string of the molecule is CC(C)n1nccc1NC(=O)CSc1nc2cc(Cl)ccc2c(=O)n1C1CCCCC1. The summed E-state index contributed by atoms with van der Waals surface area (Å²) in [5.74, 6) is 0.640. The maximum absolute atomic E-state index is 13.3. The van der Waals surface area contributed by atoms with Gasteiger partial charge in [0.15, 0.2) is 5.16 Å². The number of carbonyl (C=O) groups excluding carboxylic acids is 1. The molecule has 31 heavy (non-hydrogen) atoms. The molecule has 1 aromatic carbocycles. The van der Waals surface area contributed by atoms with Crippen molar-refractivity contribution in [3.05, 3.63) is 45.8 Å². The van der Waals surface area contributed by atoms with E-state index in [4.69, 9.17) is 16.6 Å². The summed E-state index contributed by atoms with van der Waals surface area (Å²) in [6.07, 6.45) is 6.95. The highest BCUT2D eigenvalue weighted by Gasteiger charge is 2.22. The summed E-state index contributed by atoms with van der Waals surface area (Å²) in [7, 11) is 0. The van der Waals surface area contributed by atoms with Gasteiger partial charge in [0, 0.05) is 23.2 Å². The molecule has 0 radical (unpaired) electrons. The fraction of sp³-hybridized carbons (Fsp3) is 0.455. The minimum atomic E-state index is -0.164. The zero-order valence-electron chi connectivity index (χ0n) is 17.7. The van der Waals surface area contributed by atoms with Gasteiger partial charge in [-0.05, 0) is 44.9 Å². The lowest BCUT2D eigenvalue weighted by Gasteiger charge is -2.26. The van der Waals surface area contributed by atoms with Crippen LogP contribution in [0, 0.1) is 0 Å². The third kappa shape index (κ3) is 4.80. The third-order valence-corrected chi connectivity index (χ3v) is 6.72. The van der Waals surface area contributed by atoms with Crippen LogP contribution in [0.25, 0.3) is 10.9 Å². The van der Waals surface area contributed by atoms with Crippen molar-refractivity contribution in [3.63, 3.8) is 0 Å². The number of halogens is 1. The molecular weight excluding hydrogens is 434 g/mol. The topological polar surface area (TPSA) is 81.8 Å². The fourth-order valence-corrected chi connectivity index (χ4v) is 5.08. The van der Waals surface area contributed by atoms with Crippen molar-refractivity contribution in [2.45, 2.75) is 63.2 Å². The van der Waals surface area contributed by atoms with E-state index in [1.54, 1.807) is 39.7 Å². The first kappa shape index (κ1) is 21.9. The van der Waals surface area contributed by atoms with Gasteiger partial charge in [0.2, 0.25) is 5.91 Å². The number of nitrogens with one attached hydrogen (secondary N) is 1. The van der Waals surface area contributed by atoms with Crippen LogP contribution in [0.2, 0.25) is 5.02 Å². The number of fused-ring (bicyclic) bond motifs is 1. The largest absolute Gasteiger partial charge is 0.310 e. The summed E-state index contributed by atoms with van der Waals surface area (Å²) in [6, 6.07) is 7.19. The highest BCUT2D eigenvalue weighted by Crippen LogP contribution is 2.31. The Bertz CT molecular complexity index is 1150. The lowest BCUT2D eigenvalue weighted by molar-refractivity contribution is -0.113. The monoisotopic (exact) mass is 459 g/mol. The van der Waals surface area contributed by atoms with Crippen LogP contribution < -0.4 is 10.9 Å². The van der Waals surface area contributed by atoms with E-state index in [-0.39, 0.29) is 29.3 Å². The van der Waals surface area contributed by atoms with Crippen LogP contribution in [0.3, 0.4) is 0 Å². The number of hydrogen-bond acceptors (Lipinski definition) is 5. The summed E-state index contributed by atoms with van der Waals surface area (Å²) < 4.78 is 3.56. The second-order valence-corrected chi connectivity index (χ2v) is 9.49. The number of nitrogens with zero attached hydrogens (tertiary/aromatic N) is 4. The van der Waals surface area contributed by atoms with Crippen LogP contribution in [-0.4, -0.2) is 31.0 Å². The predicted octanol–water partition coefficient (Wildman–Crippen LogP) is 5.06. The van der Waals surface area contributed by atoms with Crippen molar-refractivity contribution >= 4 is 46.0 Å². The Morgan fingerprint density at radius 3 is 2.77 bits per heavy atom. The van der Waals surface area contributed by atoms with Gasteiger partial charge in [0.25, 0.3) is 5.56 Å². The van der Waals surface area contributed by atoms with Gasteiger partial charge in [-0.2, -0.15) is 5.10 Å². The molecule has 0 bridgehead atoms. The molecule has 1 aliphatic rings. The van der Waals surface area contributed by atoms with Crippen LogP contribution >= 0.6 is 23.4 Å². The average Bonchev–Trinajstić information content (AvgIpc) is 3.21. The molecule has 0 unspecified atom stereocenters. The lowest BCUT2D eigenvalue weighted by Crippen LogP contribution is -2.29. The molecule has 2 aromatic heterocycles. The molecule has 1 fully saturated rings. The van der Waals surface area contributed by atoms with Gasteiger partial charge in [-0.3, -0.25) is 14.2 Å². The van der Waals surface area contributed by atoms with Crippen molar-refractivity contribution in [2.24, 2.45) is 0 Å². The molecule has 0 atom stereocenters. The number of aromatic nitrogens is 4. The van der Waals surface area contributed by atoms with E-state index in [1.165, 1.54) is 18.2 Å².